The van der Waals surface area contributed by atoms with Gasteiger partial charge in [-0.25, -0.2) is 9.97 Å². The maximum Gasteiger partial charge on any atom is 0.205 e. The van der Waals surface area contributed by atoms with Crippen LogP contribution in [-0.4, -0.2) is 40.5 Å². The molecule has 21 heavy (non-hydrogen) atoms. The van der Waals surface area contributed by atoms with Gasteiger partial charge in [0.15, 0.2) is 0 Å². The molecule has 0 bridgehead atoms. The minimum Gasteiger partial charge on any atom is -0.355 e. The van der Waals surface area contributed by atoms with Crippen molar-refractivity contribution in [3.05, 3.63) is 28.1 Å². The molecule has 7 heteroatoms. The smallest absolute Gasteiger partial charge is 0.205 e. The molecular formula is C14H18BrN5S. The van der Waals surface area contributed by atoms with E-state index in [0.717, 1.165) is 53.8 Å². The number of rotatable bonds is 2. The lowest BCUT2D eigenvalue weighted by Crippen LogP contribution is -2.31. The number of halogens is 1. The Balaban J connectivity index is 1.71. The van der Waals surface area contributed by atoms with Gasteiger partial charge in [0.1, 0.15) is 11.6 Å². The minimum absolute atomic E-state index is 0.862. The van der Waals surface area contributed by atoms with E-state index in [0.29, 0.717) is 0 Å². The zero-order chi connectivity index (χ0) is 14.8. The maximum absolute atomic E-state index is 4.54. The molecule has 0 spiro atoms. The van der Waals surface area contributed by atoms with Crippen molar-refractivity contribution in [3.63, 3.8) is 0 Å². The van der Waals surface area contributed by atoms with Gasteiger partial charge in [-0.05, 0) is 47.8 Å². The zero-order valence-corrected chi connectivity index (χ0v) is 14.6. The van der Waals surface area contributed by atoms with Gasteiger partial charge in [0.05, 0.1) is 0 Å². The molecule has 0 saturated carbocycles. The average molecular weight is 368 g/mol. The Morgan fingerprint density at radius 3 is 2.62 bits per heavy atom. The van der Waals surface area contributed by atoms with E-state index in [1.54, 1.807) is 0 Å². The number of pyridine rings is 1. The molecule has 1 saturated heterocycles. The van der Waals surface area contributed by atoms with Crippen molar-refractivity contribution in [1.29, 1.82) is 0 Å². The van der Waals surface area contributed by atoms with Gasteiger partial charge < -0.3 is 9.80 Å². The molecule has 112 valence electrons. The van der Waals surface area contributed by atoms with Crippen molar-refractivity contribution < 1.29 is 0 Å². The summed E-state index contributed by atoms with van der Waals surface area (Å²) in [5, 5.41) is 1.04. The Bertz CT molecular complexity index is 630. The van der Waals surface area contributed by atoms with Crippen molar-refractivity contribution in [2.45, 2.75) is 20.3 Å². The minimum atomic E-state index is 0.862. The molecule has 2 aromatic heterocycles. The third-order valence-corrected chi connectivity index (χ3v) is 5.34. The first-order chi connectivity index (χ1) is 10.1. The molecule has 3 heterocycles. The molecule has 0 N–H and O–H groups in total. The van der Waals surface area contributed by atoms with E-state index in [1.807, 2.05) is 13.1 Å². The van der Waals surface area contributed by atoms with E-state index in [9.17, 15) is 0 Å². The molecule has 0 unspecified atom stereocenters. The summed E-state index contributed by atoms with van der Waals surface area (Å²) in [4.78, 5) is 13.7. The van der Waals surface area contributed by atoms with Crippen molar-refractivity contribution in [3.8, 4) is 0 Å². The molecule has 1 aliphatic heterocycles. The van der Waals surface area contributed by atoms with Crippen LogP contribution in [0.4, 0.5) is 10.9 Å². The summed E-state index contributed by atoms with van der Waals surface area (Å²) in [6.45, 7) is 8.03. The van der Waals surface area contributed by atoms with Crippen LogP contribution in [0, 0.1) is 13.8 Å². The summed E-state index contributed by atoms with van der Waals surface area (Å²) in [6, 6.07) is 2.15. The van der Waals surface area contributed by atoms with Crippen LogP contribution in [0.15, 0.2) is 16.7 Å². The fraction of sp³-hybridized carbons (Fsp3) is 0.500. The van der Waals surface area contributed by atoms with Gasteiger partial charge in [-0.2, -0.15) is 4.37 Å². The summed E-state index contributed by atoms with van der Waals surface area (Å²) in [5.41, 5.74) is 1.22. The first-order valence-electron chi connectivity index (χ1n) is 7.06. The van der Waals surface area contributed by atoms with E-state index in [1.165, 1.54) is 17.1 Å². The highest BCUT2D eigenvalue weighted by atomic mass is 79.9. The van der Waals surface area contributed by atoms with Crippen molar-refractivity contribution in [2.75, 3.05) is 36.0 Å². The second-order valence-corrected chi connectivity index (χ2v) is 6.83. The largest absolute Gasteiger partial charge is 0.355 e. The number of aryl methyl sites for hydroxylation is 2. The molecule has 0 amide bonds. The van der Waals surface area contributed by atoms with E-state index in [4.69, 9.17) is 0 Å². The summed E-state index contributed by atoms with van der Waals surface area (Å²) >= 11 is 5.00. The summed E-state index contributed by atoms with van der Waals surface area (Å²) < 4.78 is 5.34. The number of aromatic nitrogens is 3. The van der Waals surface area contributed by atoms with Gasteiger partial charge >= 0.3 is 0 Å². The molecule has 1 aliphatic rings. The third kappa shape index (κ3) is 3.35. The average Bonchev–Trinajstić information content (AvgIpc) is 2.75. The van der Waals surface area contributed by atoms with Gasteiger partial charge in [-0.3, -0.25) is 0 Å². The van der Waals surface area contributed by atoms with Crippen molar-refractivity contribution >= 4 is 38.4 Å². The topological polar surface area (TPSA) is 45.2 Å². The van der Waals surface area contributed by atoms with Crippen LogP contribution >= 0.6 is 27.5 Å². The fourth-order valence-corrected chi connectivity index (χ4v) is 3.39. The maximum atomic E-state index is 4.54. The van der Waals surface area contributed by atoms with Crippen LogP contribution in [0.2, 0.25) is 0 Å². The molecule has 0 aliphatic carbocycles. The van der Waals surface area contributed by atoms with Gasteiger partial charge in [-0.15, -0.1) is 0 Å². The number of hydrogen-bond acceptors (Lipinski definition) is 6. The predicted octanol–water partition coefficient (Wildman–Crippen LogP) is 3.03. The highest BCUT2D eigenvalue weighted by Crippen LogP contribution is 2.23. The van der Waals surface area contributed by atoms with Crippen LogP contribution in [0.3, 0.4) is 0 Å². The summed E-state index contributed by atoms with van der Waals surface area (Å²) in [5.74, 6) is 1.92. The summed E-state index contributed by atoms with van der Waals surface area (Å²) in [7, 11) is 0. The molecule has 2 aromatic rings. The Kier molecular flexibility index (Phi) is 4.40. The number of anilines is 2. The van der Waals surface area contributed by atoms with E-state index >= 15 is 0 Å². The van der Waals surface area contributed by atoms with Gasteiger partial charge in [-0.1, -0.05) is 0 Å². The third-order valence-electron chi connectivity index (χ3n) is 3.64. The Morgan fingerprint density at radius 1 is 1.14 bits per heavy atom. The first-order valence-corrected chi connectivity index (χ1v) is 8.62. The van der Waals surface area contributed by atoms with Gasteiger partial charge in [0.2, 0.25) is 5.13 Å². The monoisotopic (exact) mass is 367 g/mol. The number of hydrogen-bond donors (Lipinski definition) is 0. The molecule has 0 aromatic carbocycles. The lowest BCUT2D eigenvalue weighted by molar-refractivity contribution is 0.796. The lowest BCUT2D eigenvalue weighted by atomic mass is 10.3. The molecule has 3 rings (SSSR count). The zero-order valence-electron chi connectivity index (χ0n) is 12.2. The van der Waals surface area contributed by atoms with Crippen LogP contribution in [0.1, 0.15) is 17.8 Å². The van der Waals surface area contributed by atoms with Crippen LogP contribution < -0.4 is 9.80 Å². The molecule has 0 radical (unpaired) electrons. The Hall–Kier alpha value is -1.21. The second kappa shape index (κ2) is 6.27. The van der Waals surface area contributed by atoms with Gasteiger partial charge in [0.25, 0.3) is 0 Å². The second-order valence-electron chi connectivity index (χ2n) is 5.24. The van der Waals surface area contributed by atoms with Gasteiger partial charge in [0, 0.05) is 48.4 Å². The lowest BCUT2D eigenvalue weighted by Gasteiger charge is -2.22. The Morgan fingerprint density at radius 2 is 1.90 bits per heavy atom. The highest BCUT2D eigenvalue weighted by Gasteiger charge is 2.18. The fourth-order valence-electron chi connectivity index (χ4n) is 2.45. The standard InChI is InChI=1S/C14H18BrN5S/c1-10-8-13(16-9-12(10)15)19-4-3-5-20(7-6-19)14-17-11(2)18-21-14/h8-9H,3-7H2,1-2H3. The molecular weight excluding hydrogens is 350 g/mol. The van der Waals surface area contributed by atoms with Crippen molar-refractivity contribution in [2.24, 2.45) is 0 Å². The van der Waals surface area contributed by atoms with Crippen molar-refractivity contribution in [1.82, 2.24) is 14.3 Å². The van der Waals surface area contributed by atoms with E-state index in [2.05, 4.69) is 53.1 Å². The molecule has 5 nitrogen and oxygen atoms in total. The Labute approximate surface area is 137 Å². The number of nitrogens with zero attached hydrogens (tertiary/aromatic N) is 5. The molecule has 1 fully saturated rings. The van der Waals surface area contributed by atoms with E-state index in [-0.39, 0.29) is 0 Å². The SMILES string of the molecule is Cc1nsc(N2CCCN(c3cc(C)c(Br)cn3)CC2)n1. The highest BCUT2D eigenvalue weighted by molar-refractivity contribution is 9.10. The van der Waals surface area contributed by atoms with Crippen LogP contribution in [-0.2, 0) is 0 Å². The normalized spacial score (nSPS) is 16.1. The quantitative estimate of drug-likeness (QED) is 0.816. The first kappa shape index (κ1) is 14.7. The predicted molar refractivity (Wildman–Crippen MR) is 90.4 cm³/mol. The van der Waals surface area contributed by atoms with Crippen LogP contribution in [0.25, 0.3) is 0 Å². The van der Waals surface area contributed by atoms with Crippen LogP contribution in [0.5, 0.6) is 0 Å². The summed E-state index contributed by atoms with van der Waals surface area (Å²) in [6.07, 6.45) is 3.00. The van der Waals surface area contributed by atoms with E-state index < -0.39 is 0 Å². The molecule has 0 atom stereocenters.